The number of hydrogen-bond acceptors (Lipinski definition) is 4. The Balaban J connectivity index is 2.18. The van der Waals surface area contributed by atoms with Gasteiger partial charge in [0, 0.05) is 0 Å². The van der Waals surface area contributed by atoms with Gasteiger partial charge in [0.1, 0.15) is 11.9 Å². The van der Waals surface area contributed by atoms with Crippen LogP contribution in [0, 0.1) is 0 Å². The molecule has 0 spiro atoms. The molecule has 2 rings (SSSR count). The molecule has 5 heteroatoms. The third kappa shape index (κ3) is 3.95. The molecular weight excluding hydrogens is 322 g/mol. The van der Waals surface area contributed by atoms with E-state index in [0.29, 0.717) is 19.8 Å². The molecule has 4 nitrogen and oxygen atoms in total. The molecule has 1 aromatic rings. The van der Waals surface area contributed by atoms with Gasteiger partial charge in [-0.3, -0.25) is 0 Å². The Morgan fingerprint density at radius 2 is 2.30 bits per heavy atom. The first kappa shape index (κ1) is 15.8. The van der Waals surface area contributed by atoms with Gasteiger partial charge in [0.25, 0.3) is 0 Å². The molecule has 1 saturated heterocycles. The zero-order valence-corrected chi connectivity index (χ0v) is 13.6. The first-order chi connectivity index (χ1) is 9.76. The van der Waals surface area contributed by atoms with Gasteiger partial charge in [-0.15, -0.1) is 0 Å². The lowest BCUT2D eigenvalue weighted by Crippen LogP contribution is -2.40. The number of benzene rings is 1. The van der Waals surface area contributed by atoms with Crippen molar-refractivity contribution in [2.45, 2.75) is 25.5 Å². The maximum atomic E-state index is 5.85. The van der Waals surface area contributed by atoms with E-state index in [0.717, 1.165) is 23.2 Å². The standard InChI is InChI=1S/C15H22BrNO3/c1-3-6-17-15(14-10-19-7-8-20-14)11-4-5-13(18-2)12(16)9-11/h4-5,9,14-15,17H,3,6-8,10H2,1-2H3. The maximum absolute atomic E-state index is 5.85. The number of nitrogens with one attached hydrogen (secondary N) is 1. The second-order valence-corrected chi connectivity index (χ2v) is 5.66. The molecular formula is C15H22BrNO3. The molecule has 2 unspecified atom stereocenters. The van der Waals surface area contributed by atoms with Crippen LogP contribution in [0.3, 0.4) is 0 Å². The molecule has 112 valence electrons. The molecule has 0 radical (unpaired) electrons. The van der Waals surface area contributed by atoms with Gasteiger partial charge >= 0.3 is 0 Å². The monoisotopic (exact) mass is 343 g/mol. The van der Waals surface area contributed by atoms with E-state index in [1.165, 1.54) is 5.56 Å². The summed E-state index contributed by atoms with van der Waals surface area (Å²) in [6, 6.07) is 6.28. The molecule has 1 aliphatic rings. The highest BCUT2D eigenvalue weighted by molar-refractivity contribution is 9.10. The van der Waals surface area contributed by atoms with E-state index in [-0.39, 0.29) is 12.1 Å². The SMILES string of the molecule is CCCNC(c1ccc(OC)c(Br)c1)C1COCCO1. The highest BCUT2D eigenvalue weighted by atomic mass is 79.9. The van der Waals surface area contributed by atoms with Crippen LogP contribution < -0.4 is 10.1 Å². The average Bonchev–Trinajstić information content (AvgIpc) is 2.49. The molecule has 2 atom stereocenters. The van der Waals surface area contributed by atoms with Crippen LogP contribution in [0.1, 0.15) is 24.9 Å². The first-order valence-electron chi connectivity index (χ1n) is 7.02. The van der Waals surface area contributed by atoms with Crippen LogP contribution in [0.15, 0.2) is 22.7 Å². The number of methoxy groups -OCH3 is 1. The van der Waals surface area contributed by atoms with Crippen LogP contribution in [0.2, 0.25) is 0 Å². The van der Waals surface area contributed by atoms with E-state index in [9.17, 15) is 0 Å². The number of rotatable bonds is 6. The van der Waals surface area contributed by atoms with Crippen molar-refractivity contribution in [3.8, 4) is 5.75 Å². The number of hydrogen-bond donors (Lipinski definition) is 1. The van der Waals surface area contributed by atoms with Gasteiger partial charge in [-0.05, 0) is 46.6 Å². The van der Waals surface area contributed by atoms with Crippen molar-refractivity contribution in [2.75, 3.05) is 33.5 Å². The summed E-state index contributed by atoms with van der Waals surface area (Å²) < 4.78 is 17.6. The summed E-state index contributed by atoms with van der Waals surface area (Å²) >= 11 is 3.54. The number of halogens is 1. The van der Waals surface area contributed by atoms with Crippen LogP contribution >= 0.6 is 15.9 Å². The van der Waals surface area contributed by atoms with Crippen LogP contribution in [-0.4, -0.2) is 39.6 Å². The lowest BCUT2D eigenvalue weighted by Gasteiger charge is -2.31. The van der Waals surface area contributed by atoms with Crippen LogP contribution in [0.25, 0.3) is 0 Å². The molecule has 1 fully saturated rings. The second-order valence-electron chi connectivity index (χ2n) is 4.81. The van der Waals surface area contributed by atoms with E-state index in [4.69, 9.17) is 14.2 Å². The van der Waals surface area contributed by atoms with Gasteiger partial charge in [-0.2, -0.15) is 0 Å². The van der Waals surface area contributed by atoms with E-state index in [1.807, 2.05) is 6.07 Å². The largest absolute Gasteiger partial charge is 0.496 e. The zero-order valence-electron chi connectivity index (χ0n) is 12.0. The maximum Gasteiger partial charge on any atom is 0.133 e. The van der Waals surface area contributed by atoms with Crippen molar-refractivity contribution in [1.82, 2.24) is 5.32 Å². The van der Waals surface area contributed by atoms with E-state index in [1.54, 1.807) is 7.11 Å². The predicted octanol–water partition coefficient (Wildman–Crippen LogP) is 2.91. The third-order valence-corrected chi connectivity index (χ3v) is 3.98. The molecule has 1 aliphatic heterocycles. The Morgan fingerprint density at radius 3 is 2.90 bits per heavy atom. The van der Waals surface area contributed by atoms with Gasteiger partial charge in [-0.25, -0.2) is 0 Å². The number of ether oxygens (including phenoxy) is 3. The molecule has 1 aromatic carbocycles. The first-order valence-corrected chi connectivity index (χ1v) is 7.81. The topological polar surface area (TPSA) is 39.7 Å². The minimum Gasteiger partial charge on any atom is -0.496 e. The Kier molecular flexibility index (Phi) is 6.29. The van der Waals surface area contributed by atoms with Gasteiger partial charge in [0.2, 0.25) is 0 Å². The molecule has 1 N–H and O–H groups in total. The molecule has 0 amide bonds. The third-order valence-electron chi connectivity index (χ3n) is 3.36. The summed E-state index contributed by atoms with van der Waals surface area (Å²) in [4.78, 5) is 0. The smallest absolute Gasteiger partial charge is 0.133 e. The van der Waals surface area contributed by atoms with Crippen molar-refractivity contribution in [3.05, 3.63) is 28.2 Å². The van der Waals surface area contributed by atoms with E-state index >= 15 is 0 Å². The molecule has 0 aliphatic carbocycles. The van der Waals surface area contributed by atoms with Gasteiger partial charge in [0.05, 0.1) is 37.4 Å². The van der Waals surface area contributed by atoms with Gasteiger partial charge in [0.15, 0.2) is 0 Å². The molecule has 0 aromatic heterocycles. The zero-order chi connectivity index (χ0) is 14.4. The van der Waals surface area contributed by atoms with Gasteiger partial charge in [-0.1, -0.05) is 13.0 Å². The van der Waals surface area contributed by atoms with Crippen molar-refractivity contribution < 1.29 is 14.2 Å². The summed E-state index contributed by atoms with van der Waals surface area (Å²) in [6.07, 6.45) is 1.14. The minimum absolute atomic E-state index is 0.0515. The quantitative estimate of drug-likeness (QED) is 0.861. The second kappa shape index (κ2) is 7.98. The predicted molar refractivity (Wildman–Crippen MR) is 82.3 cm³/mol. The fraction of sp³-hybridized carbons (Fsp3) is 0.600. The van der Waals surface area contributed by atoms with Crippen molar-refractivity contribution in [2.24, 2.45) is 0 Å². The summed E-state index contributed by atoms with van der Waals surface area (Å²) in [5.41, 5.74) is 1.18. The van der Waals surface area contributed by atoms with Crippen molar-refractivity contribution in [3.63, 3.8) is 0 Å². The average molecular weight is 344 g/mol. The molecule has 0 bridgehead atoms. The van der Waals surface area contributed by atoms with Crippen molar-refractivity contribution in [1.29, 1.82) is 0 Å². The Bertz CT molecular complexity index is 422. The summed E-state index contributed by atoms with van der Waals surface area (Å²) in [6.45, 7) is 5.08. The molecule has 1 heterocycles. The van der Waals surface area contributed by atoms with E-state index < -0.39 is 0 Å². The summed E-state index contributed by atoms with van der Waals surface area (Å²) in [5, 5.41) is 3.55. The fourth-order valence-corrected chi connectivity index (χ4v) is 2.90. The lowest BCUT2D eigenvalue weighted by molar-refractivity contribution is -0.102. The van der Waals surface area contributed by atoms with Crippen LogP contribution in [0.5, 0.6) is 5.75 Å². The van der Waals surface area contributed by atoms with Crippen molar-refractivity contribution >= 4 is 15.9 Å². The fourth-order valence-electron chi connectivity index (χ4n) is 2.34. The lowest BCUT2D eigenvalue weighted by atomic mass is 10.0. The van der Waals surface area contributed by atoms with Crippen LogP contribution in [0.4, 0.5) is 0 Å². The highest BCUT2D eigenvalue weighted by Gasteiger charge is 2.26. The normalized spacial score (nSPS) is 20.6. The Labute approximate surface area is 128 Å². The van der Waals surface area contributed by atoms with E-state index in [2.05, 4.69) is 40.3 Å². The summed E-state index contributed by atoms with van der Waals surface area (Å²) in [5.74, 6) is 0.837. The van der Waals surface area contributed by atoms with Gasteiger partial charge < -0.3 is 19.5 Å². The molecule has 20 heavy (non-hydrogen) atoms. The Morgan fingerprint density at radius 1 is 1.45 bits per heavy atom. The van der Waals surface area contributed by atoms with Crippen LogP contribution in [-0.2, 0) is 9.47 Å². The highest BCUT2D eigenvalue weighted by Crippen LogP contribution is 2.30. The molecule has 0 saturated carbocycles. The summed E-state index contributed by atoms with van der Waals surface area (Å²) in [7, 11) is 1.67. The Hall–Kier alpha value is -0.620. The minimum atomic E-state index is 0.0515.